The monoisotopic (exact) mass is 157 g/mol. The first-order valence-corrected chi connectivity index (χ1v) is 3.89. The third kappa shape index (κ3) is 3.34. The second-order valence-electron chi connectivity index (χ2n) is 2.69. The van der Waals surface area contributed by atoms with Crippen molar-refractivity contribution in [2.45, 2.75) is 25.3 Å². The van der Waals surface area contributed by atoms with Gasteiger partial charge in [0.15, 0.2) is 0 Å². The number of hydrogen-bond acceptors (Lipinski definition) is 3. The molecule has 4 heteroatoms. The maximum absolute atomic E-state index is 5.25. The lowest BCUT2D eigenvalue weighted by Crippen LogP contribution is -2.31. The predicted octanol–water partition coefficient (Wildman–Crippen LogP) is 0.0471. The Morgan fingerprint density at radius 1 is 1.73 bits per heavy atom. The zero-order chi connectivity index (χ0) is 8.10. The molecule has 0 radical (unpaired) electrons. The van der Waals surface area contributed by atoms with Crippen LogP contribution in [0, 0.1) is 0 Å². The van der Waals surface area contributed by atoms with Crippen LogP contribution in [0.1, 0.15) is 19.3 Å². The first-order valence-electron chi connectivity index (χ1n) is 3.89. The molecule has 1 aliphatic rings. The molecule has 0 unspecified atom stereocenters. The summed E-state index contributed by atoms with van der Waals surface area (Å²) in [6.07, 6.45) is 3.19. The van der Waals surface area contributed by atoms with E-state index in [0.29, 0.717) is 12.6 Å². The molecule has 0 atom stereocenters. The minimum atomic E-state index is 0.526. The van der Waals surface area contributed by atoms with E-state index in [-0.39, 0.29) is 0 Å². The van der Waals surface area contributed by atoms with Crippen LogP contribution in [0.15, 0.2) is 4.99 Å². The molecule has 3 N–H and O–H groups in total. The van der Waals surface area contributed by atoms with E-state index >= 15 is 0 Å². The lowest BCUT2D eigenvalue weighted by atomic mass is 10.4. The lowest BCUT2D eigenvalue weighted by Gasteiger charge is -2.03. The van der Waals surface area contributed by atoms with Crippen LogP contribution in [0.4, 0.5) is 0 Å². The normalized spacial score (nSPS) is 18.5. The Morgan fingerprint density at radius 3 is 2.91 bits per heavy atom. The SMILES string of the molecule is COCCC(=NC1CC1)NN. The van der Waals surface area contributed by atoms with Gasteiger partial charge in [0.05, 0.1) is 12.6 Å². The summed E-state index contributed by atoms with van der Waals surface area (Å²) in [5.74, 6) is 6.11. The van der Waals surface area contributed by atoms with Gasteiger partial charge in [-0.15, -0.1) is 0 Å². The Labute approximate surface area is 66.8 Å². The summed E-state index contributed by atoms with van der Waals surface area (Å²) in [4.78, 5) is 4.34. The molecule has 0 amide bonds. The van der Waals surface area contributed by atoms with Crippen molar-refractivity contribution in [2.75, 3.05) is 13.7 Å². The van der Waals surface area contributed by atoms with Crippen LogP contribution in [-0.2, 0) is 4.74 Å². The molecule has 0 aromatic rings. The van der Waals surface area contributed by atoms with E-state index in [1.807, 2.05) is 0 Å². The number of hydrogen-bond donors (Lipinski definition) is 2. The molecule has 0 aromatic carbocycles. The minimum absolute atomic E-state index is 0.526. The minimum Gasteiger partial charge on any atom is -0.384 e. The Balaban J connectivity index is 2.22. The van der Waals surface area contributed by atoms with Crippen molar-refractivity contribution >= 4 is 5.84 Å². The van der Waals surface area contributed by atoms with Gasteiger partial charge < -0.3 is 10.2 Å². The van der Waals surface area contributed by atoms with Crippen molar-refractivity contribution in [2.24, 2.45) is 10.8 Å². The first kappa shape index (κ1) is 8.49. The van der Waals surface area contributed by atoms with Crippen molar-refractivity contribution in [3.8, 4) is 0 Å². The van der Waals surface area contributed by atoms with E-state index in [2.05, 4.69) is 10.4 Å². The molecule has 11 heavy (non-hydrogen) atoms. The molecule has 0 aromatic heterocycles. The number of nitrogens with zero attached hydrogens (tertiary/aromatic N) is 1. The maximum Gasteiger partial charge on any atom is 0.113 e. The van der Waals surface area contributed by atoms with Gasteiger partial charge in [0.2, 0.25) is 0 Å². The molecule has 4 nitrogen and oxygen atoms in total. The standard InChI is InChI=1S/C7H15N3O/c1-11-5-4-7(10-8)9-6-2-3-6/h6H,2-5,8H2,1H3,(H,9,10). The average molecular weight is 157 g/mol. The predicted molar refractivity (Wildman–Crippen MR) is 44.3 cm³/mol. The van der Waals surface area contributed by atoms with E-state index in [1.54, 1.807) is 7.11 Å². The van der Waals surface area contributed by atoms with Gasteiger partial charge in [0, 0.05) is 13.5 Å². The summed E-state index contributed by atoms with van der Waals surface area (Å²) in [6, 6.07) is 0.526. The fourth-order valence-corrected chi connectivity index (χ4v) is 0.797. The van der Waals surface area contributed by atoms with Crippen LogP contribution in [0.2, 0.25) is 0 Å². The zero-order valence-corrected chi connectivity index (χ0v) is 6.84. The largest absolute Gasteiger partial charge is 0.384 e. The van der Waals surface area contributed by atoms with Crippen molar-refractivity contribution in [1.82, 2.24) is 5.43 Å². The molecule has 0 bridgehead atoms. The quantitative estimate of drug-likeness (QED) is 0.262. The number of ether oxygens (including phenoxy) is 1. The van der Waals surface area contributed by atoms with Gasteiger partial charge in [-0.2, -0.15) is 0 Å². The lowest BCUT2D eigenvalue weighted by molar-refractivity contribution is 0.206. The maximum atomic E-state index is 5.25. The summed E-state index contributed by atoms with van der Waals surface area (Å²) >= 11 is 0. The topological polar surface area (TPSA) is 59.6 Å². The molecular weight excluding hydrogens is 142 g/mol. The number of hydrazine groups is 1. The van der Waals surface area contributed by atoms with Gasteiger partial charge in [0.25, 0.3) is 0 Å². The summed E-state index contributed by atoms with van der Waals surface area (Å²) in [5.41, 5.74) is 2.58. The van der Waals surface area contributed by atoms with Crippen LogP contribution in [-0.4, -0.2) is 25.6 Å². The summed E-state index contributed by atoms with van der Waals surface area (Å²) in [5, 5.41) is 0. The van der Waals surface area contributed by atoms with E-state index in [9.17, 15) is 0 Å². The highest BCUT2D eigenvalue weighted by atomic mass is 16.5. The number of rotatable bonds is 4. The highest BCUT2D eigenvalue weighted by Gasteiger charge is 2.20. The van der Waals surface area contributed by atoms with Crippen LogP contribution in [0.3, 0.4) is 0 Å². The van der Waals surface area contributed by atoms with Crippen LogP contribution in [0.5, 0.6) is 0 Å². The van der Waals surface area contributed by atoms with Crippen LogP contribution < -0.4 is 11.3 Å². The third-order valence-corrected chi connectivity index (χ3v) is 1.59. The molecule has 0 saturated heterocycles. The molecule has 1 rings (SSSR count). The van der Waals surface area contributed by atoms with Gasteiger partial charge in [0.1, 0.15) is 5.84 Å². The Bertz CT molecular complexity index is 143. The van der Waals surface area contributed by atoms with Crippen molar-refractivity contribution in [3.63, 3.8) is 0 Å². The summed E-state index contributed by atoms with van der Waals surface area (Å²) in [7, 11) is 1.67. The first-order chi connectivity index (χ1) is 5.36. The molecule has 0 heterocycles. The van der Waals surface area contributed by atoms with Gasteiger partial charge >= 0.3 is 0 Å². The Hall–Kier alpha value is -0.610. The van der Waals surface area contributed by atoms with Crippen molar-refractivity contribution < 1.29 is 4.74 Å². The van der Waals surface area contributed by atoms with Gasteiger partial charge in [-0.3, -0.25) is 4.99 Å². The van der Waals surface area contributed by atoms with Gasteiger partial charge in [-0.1, -0.05) is 0 Å². The molecule has 1 aliphatic carbocycles. The highest BCUT2D eigenvalue weighted by molar-refractivity contribution is 5.81. The molecular formula is C7H15N3O. The third-order valence-electron chi connectivity index (χ3n) is 1.59. The second kappa shape index (κ2) is 4.31. The van der Waals surface area contributed by atoms with Crippen molar-refractivity contribution in [1.29, 1.82) is 0 Å². The van der Waals surface area contributed by atoms with Gasteiger partial charge in [-0.25, -0.2) is 5.84 Å². The van der Waals surface area contributed by atoms with Gasteiger partial charge in [-0.05, 0) is 12.8 Å². The molecule has 0 spiro atoms. The van der Waals surface area contributed by atoms with E-state index < -0.39 is 0 Å². The number of amidine groups is 1. The Morgan fingerprint density at radius 2 is 2.45 bits per heavy atom. The van der Waals surface area contributed by atoms with E-state index in [4.69, 9.17) is 10.6 Å². The number of aliphatic imine (C=N–C) groups is 1. The molecule has 1 saturated carbocycles. The second-order valence-corrected chi connectivity index (χ2v) is 2.69. The van der Waals surface area contributed by atoms with Crippen molar-refractivity contribution in [3.05, 3.63) is 0 Å². The average Bonchev–Trinajstić information content (AvgIpc) is 2.81. The highest BCUT2D eigenvalue weighted by Crippen LogP contribution is 2.23. The molecule has 64 valence electrons. The zero-order valence-electron chi connectivity index (χ0n) is 6.84. The van der Waals surface area contributed by atoms with E-state index in [0.717, 1.165) is 12.3 Å². The summed E-state index contributed by atoms with van der Waals surface area (Å²) in [6.45, 7) is 0.676. The smallest absolute Gasteiger partial charge is 0.113 e. The Kier molecular flexibility index (Phi) is 3.32. The fourth-order valence-electron chi connectivity index (χ4n) is 0.797. The number of nitrogens with two attached hydrogens (primary N) is 1. The summed E-state index contributed by atoms with van der Waals surface area (Å²) < 4.78 is 4.90. The molecule has 0 aliphatic heterocycles. The van der Waals surface area contributed by atoms with Crippen LogP contribution in [0.25, 0.3) is 0 Å². The van der Waals surface area contributed by atoms with E-state index in [1.165, 1.54) is 12.8 Å². The number of methoxy groups -OCH3 is 1. The molecule has 1 fully saturated rings. The fraction of sp³-hybridized carbons (Fsp3) is 0.857. The van der Waals surface area contributed by atoms with Crippen LogP contribution >= 0.6 is 0 Å². The number of nitrogens with one attached hydrogen (secondary N) is 1.